The standard InChI is InChI=1S/C11H17N3/c1-4-14(5-2)11(12)10-9(3)7-6-8-13-10/h6-8,12H,4-5H2,1-3H3. The Morgan fingerprint density at radius 2 is 2.07 bits per heavy atom. The topological polar surface area (TPSA) is 40.0 Å². The first kappa shape index (κ1) is 10.7. The van der Waals surface area contributed by atoms with Crippen molar-refractivity contribution in [3.05, 3.63) is 29.6 Å². The fourth-order valence-electron chi connectivity index (χ4n) is 1.42. The van der Waals surface area contributed by atoms with Gasteiger partial charge in [0.25, 0.3) is 0 Å². The lowest BCUT2D eigenvalue weighted by Crippen LogP contribution is -2.31. The lowest BCUT2D eigenvalue weighted by molar-refractivity contribution is 0.462. The number of nitrogens with one attached hydrogen (secondary N) is 1. The number of aromatic nitrogens is 1. The van der Waals surface area contributed by atoms with Crippen LogP contribution in [0.2, 0.25) is 0 Å². The number of aryl methyl sites for hydroxylation is 1. The molecule has 0 saturated carbocycles. The van der Waals surface area contributed by atoms with E-state index < -0.39 is 0 Å². The van der Waals surface area contributed by atoms with Crippen molar-refractivity contribution in [2.75, 3.05) is 13.1 Å². The molecular formula is C11H17N3. The summed E-state index contributed by atoms with van der Waals surface area (Å²) in [4.78, 5) is 6.22. The van der Waals surface area contributed by atoms with E-state index in [1.165, 1.54) is 0 Å². The third-order valence-corrected chi connectivity index (χ3v) is 2.31. The van der Waals surface area contributed by atoms with Crippen LogP contribution in [0.5, 0.6) is 0 Å². The van der Waals surface area contributed by atoms with Crippen LogP contribution in [0.4, 0.5) is 0 Å². The summed E-state index contributed by atoms with van der Waals surface area (Å²) in [6, 6.07) is 3.88. The Kier molecular flexibility index (Phi) is 3.63. The maximum atomic E-state index is 7.99. The number of rotatable bonds is 3. The second-order valence-electron chi connectivity index (χ2n) is 3.19. The van der Waals surface area contributed by atoms with Crippen LogP contribution < -0.4 is 0 Å². The summed E-state index contributed by atoms with van der Waals surface area (Å²) in [5.41, 5.74) is 1.85. The molecule has 0 aromatic carbocycles. The highest BCUT2D eigenvalue weighted by Gasteiger charge is 2.10. The highest BCUT2D eigenvalue weighted by molar-refractivity contribution is 5.95. The van der Waals surface area contributed by atoms with Crippen LogP contribution in [0, 0.1) is 12.3 Å². The average Bonchev–Trinajstić information content (AvgIpc) is 2.20. The minimum atomic E-state index is 0.521. The minimum absolute atomic E-state index is 0.521. The maximum Gasteiger partial charge on any atom is 0.147 e. The molecule has 0 spiro atoms. The lowest BCUT2D eigenvalue weighted by Gasteiger charge is -2.21. The molecule has 0 fully saturated rings. The van der Waals surface area contributed by atoms with Crippen LogP contribution in [-0.2, 0) is 0 Å². The van der Waals surface area contributed by atoms with Gasteiger partial charge in [0.05, 0.1) is 0 Å². The fourth-order valence-corrected chi connectivity index (χ4v) is 1.42. The minimum Gasteiger partial charge on any atom is -0.356 e. The third kappa shape index (κ3) is 2.10. The number of nitrogens with zero attached hydrogens (tertiary/aromatic N) is 2. The zero-order chi connectivity index (χ0) is 10.6. The molecule has 3 nitrogen and oxygen atoms in total. The van der Waals surface area contributed by atoms with E-state index in [-0.39, 0.29) is 0 Å². The molecule has 0 unspecified atom stereocenters. The Bertz CT molecular complexity index is 316. The first-order chi connectivity index (χ1) is 6.70. The van der Waals surface area contributed by atoms with E-state index in [2.05, 4.69) is 18.8 Å². The average molecular weight is 191 g/mol. The van der Waals surface area contributed by atoms with E-state index >= 15 is 0 Å². The molecule has 0 aliphatic carbocycles. The Labute approximate surface area is 85.3 Å². The second-order valence-corrected chi connectivity index (χ2v) is 3.19. The summed E-state index contributed by atoms with van der Waals surface area (Å²) in [7, 11) is 0. The van der Waals surface area contributed by atoms with Gasteiger partial charge < -0.3 is 4.90 Å². The molecule has 0 aliphatic rings. The zero-order valence-corrected chi connectivity index (χ0v) is 9.04. The van der Waals surface area contributed by atoms with E-state index in [1.54, 1.807) is 6.20 Å². The Morgan fingerprint density at radius 3 is 2.57 bits per heavy atom. The van der Waals surface area contributed by atoms with Gasteiger partial charge in [-0.25, -0.2) is 0 Å². The number of hydrogen-bond acceptors (Lipinski definition) is 2. The predicted molar refractivity (Wildman–Crippen MR) is 58.7 cm³/mol. The van der Waals surface area contributed by atoms with E-state index in [4.69, 9.17) is 5.41 Å². The van der Waals surface area contributed by atoms with Gasteiger partial charge in [0, 0.05) is 19.3 Å². The smallest absolute Gasteiger partial charge is 0.147 e. The van der Waals surface area contributed by atoms with Gasteiger partial charge in [0.2, 0.25) is 0 Å². The van der Waals surface area contributed by atoms with Crippen molar-refractivity contribution in [2.24, 2.45) is 0 Å². The van der Waals surface area contributed by atoms with Crippen LogP contribution in [-0.4, -0.2) is 28.8 Å². The first-order valence-corrected chi connectivity index (χ1v) is 4.96. The summed E-state index contributed by atoms with van der Waals surface area (Å²) in [5.74, 6) is 0.521. The highest BCUT2D eigenvalue weighted by atomic mass is 15.2. The molecule has 1 rings (SSSR count). The number of hydrogen-bond donors (Lipinski definition) is 1. The molecule has 0 saturated heterocycles. The summed E-state index contributed by atoms with van der Waals surface area (Å²) in [6.07, 6.45) is 1.74. The molecule has 0 aliphatic heterocycles. The van der Waals surface area contributed by atoms with Gasteiger partial charge >= 0.3 is 0 Å². The lowest BCUT2D eigenvalue weighted by atomic mass is 10.2. The van der Waals surface area contributed by atoms with Gasteiger partial charge in [0.15, 0.2) is 0 Å². The van der Waals surface area contributed by atoms with Gasteiger partial charge in [0.1, 0.15) is 11.5 Å². The number of amidine groups is 1. The van der Waals surface area contributed by atoms with E-state index in [0.29, 0.717) is 5.84 Å². The maximum absolute atomic E-state index is 7.99. The molecule has 1 aromatic heterocycles. The zero-order valence-electron chi connectivity index (χ0n) is 9.04. The predicted octanol–water partition coefficient (Wildman–Crippen LogP) is 2.06. The van der Waals surface area contributed by atoms with Gasteiger partial charge in [-0.15, -0.1) is 0 Å². The molecule has 0 atom stereocenters. The summed E-state index contributed by atoms with van der Waals surface area (Å²) in [6.45, 7) is 7.80. The molecule has 0 bridgehead atoms. The molecule has 3 heteroatoms. The largest absolute Gasteiger partial charge is 0.356 e. The van der Waals surface area contributed by atoms with Crippen molar-refractivity contribution in [1.82, 2.24) is 9.88 Å². The molecule has 14 heavy (non-hydrogen) atoms. The van der Waals surface area contributed by atoms with Gasteiger partial charge in [-0.1, -0.05) is 6.07 Å². The summed E-state index contributed by atoms with van der Waals surface area (Å²) < 4.78 is 0. The summed E-state index contributed by atoms with van der Waals surface area (Å²) in [5, 5.41) is 7.99. The van der Waals surface area contributed by atoms with Gasteiger partial charge in [-0.05, 0) is 32.4 Å². The SMILES string of the molecule is CCN(CC)C(=N)c1ncccc1C. The molecule has 0 radical (unpaired) electrons. The Hall–Kier alpha value is -1.38. The van der Waals surface area contributed by atoms with E-state index in [0.717, 1.165) is 24.3 Å². The molecule has 1 aromatic rings. The van der Waals surface area contributed by atoms with Crippen LogP contribution >= 0.6 is 0 Å². The highest BCUT2D eigenvalue weighted by Crippen LogP contribution is 2.06. The fraction of sp³-hybridized carbons (Fsp3) is 0.455. The first-order valence-electron chi connectivity index (χ1n) is 4.96. The quantitative estimate of drug-likeness (QED) is 0.586. The van der Waals surface area contributed by atoms with Crippen molar-refractivity contribution in [1.29, 1.82) is 5.41 Å². The van der Waals surface area contributed by atoms with Crippen molar-refractivity contribution in [2.45, 2.75) is 20.8 Å². The molecule has 76 valence electrons. The Balaban J connectivity index is 2.94. The van der Waals surface area contributed by atoms with Crippen LogP contribution in [0.1, 0.15) is 25.1 Å². The molecule has 1 N–H and O–H groups in total. The number of pyridine rings is 1. The monoisotopic (exact) mass is 191 g/mol. The van der Waals surface area contributed by atoms with E-state index in [9.17, 15) is 0 Å². The van der Waals surface area contributed by atoms with Gasteiger partial charge in [-0.2, -0.15) is 0 Å². The molecular weight excluding hydrogens is 174 g/mol. The van der Waals surface area contributed by atoms with Crippen LogP contribution in [0.15, 0.2) is 18.3 Å². The molecule has 0 amide bonds. The summed E-state index contributed by atoms with van der Waals surface area (Å²) >= 11 is 0. The van der Waals surface area contributed by atoms with Crippen molar-refractivity contribution >= 4 is 5.84 Å². The van der Waals surface area contributed by atoms with Crippen molar-refractivity contribution in [3.63, 3.8) is 0 Å². The molecule has 1 heterocycles. The van der Waals surface area contributed by atoms with Crippen LogP contribution in [0.3, 0.4) is 0 Å². The Morgan fingerprint density at radius 1 is 1.43 bits per heavy atom. The van der Waals surface area contributed by atoms with Crippen LogP contribution in [0.25, 0.3) is 0 Å². The van der Waals surface area contributed by atoms with E-state index in [1.807, 2.05) is 24.0 Å². The third-order valence-electron chi connectivity index (χ3n) is 2.31. The van der Waals surface area contributed by atoms with Crippen molar-refractivity contribution in [3.8, 4) is 0 Å². The normalized spacial score (nSPS) is 9.93. The second kappa shape index (κ2) is 4.74. The van der Waals surface area contributed by atoms with Gasteiger partial charge in [-0.3, -0.25) is 10.4 Å². The van der Waals surface area contributed by atoms with Crippen molar-refractivity contribution < 1.29 is 0 Å².